The highest BCUT2D eigenvalue weighted by molar-refractivity contribution is 7.09. The monoisotopic (exact) mass is 357 g/mol. The van der Waals surface area contributed by atoms with Crippen LogP contribution in [-0.4, -0.2) is 29.9 Å². The summed E-state index contributed by atoms with van der Waals surface area (Å²) in [6.45, 7) is 4.38. The van der Waals surface area contributed by atoms with Crippen LogP contribution in [0.25, 0.3) is 0 Å². The summed E-state index contributed by atoms with van der Waals surface area (Å²) in [5, 5.41) is 7.58. The third-order valence-electron chi connectivity index (χ3n) is 4.46. The maximum Gasteiger partial charge on any atom is 0.319 e. The second-order valence-corrected chi connectivity index (χ2v) is 7.47. The van der Waals surface area contributed by atoms with Crippen LogP contribution in [0.2, 0.25) is 0 Å². The molecule has 0 saturated carbocycles. The van der Waals surface area contributed by atoms with E-state index < -0.39 is 0 Å². The Bertz CT molecular complexity index is 705. The van der Waals surface area contributed by atoms with E-state index in [1.54, 1.807) is 35.6 Å². The number of urea groups is 1. The lowest BCUT2D eigenvalue weighted by Crippen LogP contribution is -2.37. The number of piperidine rings is 1. The third-order valence-corrected chi connectivity index (χ3v) is 5.34. The molecule has 132 valence electrons. The van der Waals surface area contributed by atoms with Gasteiger partial charge in [-0.3, -0.25) is 4.79 Å². The van der Waals surface area contributed by atoms with Crippen LogP contribution >= 0.6 is 11.3 Å². The zero-order valence-corrected chi connectivity index (χ0v) is 15.1. The van der Waals surface area contributed by atoms with Crippen molar-refractivity contribution in [3.8, 4) is 0 Å². The van der Waals surface area contributed by atoms with Crippen LogP contribution in [0, 0.1) is 5.92 Å². The number of hydrogen-bond acceptors (Lipinski definition) is 3. The molecule has 0 aliphatic carbocycles. The molecule has 0 unspecified atom stereocenters. The summed E-state index contributed by atoms with van der Waals surface area (Å²) < 4.78 is 0. The summed E-state index contributed by atoms with van der Waals surface area (Å²) in [7, 11) is 0. The number of carbonyl (C=O) groups is 2. The first-order valence-corrected chi connectivity index (χ1v) is 9.46. The van der Waals surface area contributed by atoms with Gasteiger partial charge in [0.1, 0.15) is 0 Å². The lowest BCUT2D eigenvalue weighted by molar-refractivity contribution is 0.0697. The second-order valence-electron chi connectivity index (χ2n) is 6.44. The summed E-state index contributed by atoms with van der Waals surface area (Å²) in [6.07, 6.45) is 2.13. The van der Waals surface area contributed by atoms with Crippen LogP contribution in [0.15, 0.2) is 41.8 Å². The first-order valence-electron chi connectivity index (χ1n) is 8.58. The molecule has 25 heavy (non-hydrogen) atoms. The molecule has 0 bridgehead atoms. The van der Waals surface area contributed by atoms with Crippen molar-refractivity contribution < 1.29 is 9.59 Å². The smallest absolute Gasteiger partial charge is 0.319 e. The van der Waals surface area contributed by atoms with Gasteiger partial charge in [-0.2, -0.15) is 0 Å². The number of amides is 3. The Morgan fingerprint density at radius 2 is 1.88 bits per heavy atom. The molecule has 0 spiro atoms. The Kier molecular flexibility index (Phi) is 5.71. The molecule has 1 aromatic heterocycles. The molecular formula is C19H23N3O2S. The Morgan fingerprint density at radius 1 is 1.16 bits per heavy atom. The van der Waals surface area contributed by atoms with Gasteiger partial charge in [0.2, 0.25) is 0 Å². The van der Waals surface area contributed by atoms with Crippen LogP contribution < -0.4 is 10.6 Å². The maximum atomic E-state index is 12.5. The zero-order chi connectivity index (χ0) is 17.6. The van der Waals surface area contributed by atoms with Crippen LogP contribution in [0.1, 0.15) is 35.0 Å². The lowest BCUT2D eigenvalue weighted by atomic mass is 9.98. The number of rotatable bonds is 4. The van der Waals surface area contributed by atoms with Gasteiger partial charge >= 0.3 is 6.03 Å². The SMILES string of the molecule is CC1CCN(C(=O)c2ccc(NC(=O)NCc3cccs3)cc2)CC1. The number of carbonyl (C=O) groups excluding carboxylic acids is 2. The fourth-order valence-electron chi connectivity index (χ4n) is 2.85. The highest BCUT2D eigenvalue weighted by Gasteiger charge is 2.21. The zero-order valence-electron chi connectivity index (χ0n) is 14.3. The average Bonchev–Trinajstić information content (AvgIpc) is 3.14. The summed E-state index contributed by atoms with van der Waals surface area (Å²) in [5.41, 5.74) is 1.34. The maximum absolute atomic E-state index is 12.5. The Balaban J connectivity index is 1.51. The molecule has 3 rings (SSSR count). The minimum atomic E-state index is -0.252. The molecule has 2 aromatic rings. The van der Waals surface area contributed by atoms with Gasteiger partial charge in [0.25, 0.3) is 5.91 Å². The van der Waals surface area contributed by atoms with Gasteiger partial charge in [-0.25, -0.2) is 4.79 Å². The van der Waals surface area contributed by atoms with Crippen molar-refractivity contribution in [3.63, 3.8) is 0 Å². The number of thiophene rings is 1. The second kappa shape index (κ2) is 8.16. The summed E-state index contributed by atoms with van der Waals surface area (Å²) in [6, 6.07) is 10.8. The topological polar surface area (TPSA) is 61.4 Å². The standard InChI is InChI=1S/C19H23N3O2S/c1-14-8-10-22(11-9-14)18(23)15-4-6-16(7-5-15)21-19(24)20-13-17-3-2-12-25-17/h2-7,12,14H,8-11,13H2,1H3,(H2,20,21,24). The molecule has 5 nitrogen and oxygen atoms in total. The van der Waals surface area contributed by atoms with Crippen LogP contribution in [0.4, 0.5) is 10.5 Å². The minimum absolute atomic E-state index is 0.0700. The first-order chi connectivity index (χ1) is 12.1. The van der Waals surface area contributed by atoms with Crippen molar-refractivity contribution in [1.82, 2.24) is 10.2 Å². The van der Waals surface area contributed by atoms with E-state index in [0.29, 0.717) is 23.7 Å². The van der Waals surface area contributed by atoms with E-state index in [4.69, 9.17) is 0 Å². The Morgan fingerprint density at radius 3 is 2.52 bits per heavy atom. The quantitative estimate of drug-likeness (QED) is 0.870. The van der Waals surface area contributed by atoms with Crippen LogP contribution in [0.5, 0.6) is 0 Å². The molecule has 2 heterocycles. The third kappa shape index (κ3) is 4.82. The van der Waals surface area contributed by atoms with Crippen LogP contribution in [0.3, 0.4) is 0 Å². The highest BCUT2D eigenvalue weighted by atomic mass is 32.1. The van der Waals surface area contributed by atoms with Crippen molar-refractivity contribution >= 4 is 29.0 Å². The van der Waals surface area contributed by atoms with Gasteiger partial charge in [0.05, 0.1) is 6.54 Å². The van der Waals surface area contributed by atoms with E-state index in [1.165, 1.54) is 0 Å². The predicted molar refractivity (Wildman–Crippen MR) is 101 cm³/mol. The molecule has 3 amide bonds. The fraction of sp³-hybridized carbons (Fsp3) is 0.368. The molecular weight excluding hydrogens is 334 g/mol. The number of benzene rings is 1. The number of nitrogens with zero attached hydrogens (tertiary/aromatic N) is 1. The largest absolute Gasteiger partial charge is 0.339 e. The van der Waals surface area contributed by atoms with Gasteiger partial charge in [0.15, 0.2) is 0 Å². The average molecular weight is 357 g/mol. The molecule has 1 aliphatic heterocycles. The lowest BCUT2D eigenvalue weighted by Gasteiger charge is -2.30. The molecule has 0 atom stereocenters. The first kappa shape index (κ1) is 17.5. The Labute approximate surface area is 152 Å². The molecule has 1 aliphatic rings. The van der Waals surface area contributed by atoms with Crippen molar-refractivity contribution in [2.75, 3.05) is 18.4 Å². The molecule has 1 aromatic carbocycles. The minimum Gasteiger partial charge on any atom is -0.339 e. The van der Waals surface area contributed by atoms with E-state index >= 15 is 0 Å². The van der Waals surface area contributed by atoms with Crippen molar-refractivity contribution in [2.24, 2.45) is 5.92 Å². The Hall–Kier alpha value is -2.34. The van der Waals surface area contributed by atoms with E-state index in [-0.39, 0.29) is 11.9 Å². The highest BCUT2D eigenvalue weighted by Crippen LogP contribution is 2.19. The molecule has 1 fully saturated rings. The van der Waals surface area contributed by atoms with Crippen LogP contribution in [-0.2, 0) is 6.54 Å². The number of likely N-dealkylation sites (tertiary alicyclic amines) is 1. The number of hydrogen-bond donors (Lipinski definition) is 2. The van der Waals surface area contributed by atoms with E-state index in [1.807, 2.05) is 22.4 Å². The van der Waals surface area contributed by atoms with E-state index in [9.17, 15) is 9.59 Å². The van der Waals surface area contributed by atoms with Crippen molar-refractivity contribution in [3.05, 3.63) is 52.2 Å². The summed E-state index contributed by atoms with van der Waals surface area (Å²) in [5.74, 6) is 0.768. The van der Waals surface area contributed by atoms with Gasteiger partial charge < -0.3 is 15.5 Å². The van der Waals surface area contributed by atoms with Gasteiger partial charge in [0, 0.05) is 29.2 Å². The molecule has 6 heteroatoms. The van der Waals surface area contributed by atoms with E-state index in [0.717, 1.165) is 30.8 Å². The van der Waals surface area contributed by atoms with Gasteiger partial charge in [-0.15, -0.1) is 11.3 Å². The van der Waals surface area contributed by atoms with Crippen molar-refractivity contribution in [1.29, 1.82) is 0 Å². The molecule has 0 radical (unpaired) electrons. The predicted octanol–water partition coefficient (Wildman–Crippen LogP) is 3.94. The normalized spacial score (nSPS) is 15.0. The van der Waals surface area contributed by atoms with Crippen molar-refractivity contribution in [2.45, 2.75) is 26.3 Å². The van der Waals surface area contributed by atoms with E-state index in [2.05, 4.69) is 17.6 Å². The molecule has 1 saturated heterocycles. The van der Waals surface area contributed by atoms with Gasteiger partial charge in [-0.1, -0.05) is 13.0 Å². The summed E-state index contributed by atoms with van der Waals surface area (Å²) in [4.78, 5) is 27.4. The molecule has 2 N–H and O–H groups in total. The summed E-state index contributed by atoms with van der Waals surface area (Å²) >= 11 is 1.61. The number of nitrogens with one attached hydrogen (secondary N) is 2. The fourth-order valence-corrected chi connectivity index (χ4v) is 3.49. The number of anilines is 1. The van der Waals surface area contributed by atoms with Gasteiger partial charge in [-0.05, 0) is 54.5 Å².